The fraction of sp³-hybridized carbons (Fsp3) is 0.500. The van der Waals surface area contributed by atoms with E-state index in [1.807, 2.05) is 0 Å². The van der Waals surface area contributed by atoms with Crippen molar-refractivity contribution in [1.82, 2.24) is 14.9 Å². The molecule has 0 spiro atoms. The van der Waals surface area contributed by atoms with Crippen molar-refractivity contribution in [2.45, 2.75) is 64.5 Å². The Morgan fingerprint density at radius 1 is 1.18 bits per heavy atom. The van der Waals surface area contributed by atoms with Gasteiger partial charge in [-0.3, -0.25) is 9.59 Å². The van der Waals surface area contributed by atoms with Crippen LogP contribution in [0.3, 0.4) is 0 Å². The second-order valence-corrected chi connectivity index (χ2v) is 10.1. The van der Waals surface area contributed by atoms with Crippen LogP contribution in [0.4, 0.5) is 13.2 Å². The molecule has 1 aliphatic carbocycles. The Morgan fingerprint density at radius 2 is 1.82 bits per heavy atom. The summed E-state index contributed by atoms with van der Waals surface area (Å²) in [5.41, 5.74) is -0.483. The number of alkyl halides is 3. The third-order valence-electron chi connectivity index (χ3n) is 6.15. The van der Waals surface area contributed by atoms with Gasteiger partial charge in [0.2, 0.25) is 5.28 Å². The van der Waals surface area contributed by atoms with Gasteiger partial charge in [0, 0.05) is 13.1 Å². The number of aliphatic carboxylic acids is 1. The van der Waals surface area contributed by atoms with Crippen LogP contribution in [0.2, 0.25) is 5.28 Å². The van der Waals surface area contributed by atoms with Crippen molar-refractivity contribution in [1.29, 1.82) is 0 Å². The summed E-state index contributed by atoms with van der Waals surface area (Å²) in [5.74, 6) is 3.49. The van der Waals surface area contributed by atoms with Gasteiger partial charge in [-0.15, -0.1) is 13.2 Å². The fourth-order valence-corrected chi connectivity index (χ4v) is 4.45. The minimum Gasteiger partial charge on any atom is -0.481 e. The number of carboxylic acid groups (broad SMARTS) is 1. The van der Waals surface area contributed by atoms with Gasteiger partial charge in [0.25, 0.3) is 5.91 Å². The van der Waals surface area contributed by atoms with Crippen molar-refractivity contribution >= 4 is 23.5 Å². The van der Waals surface area contributed by atoms with E-state index < -0.39 is 23.8 Å². The Bertz CT molecular complexity index is 1200. The van der Waals surface area contributed by atoms with Crippen LogP contribution < -0.4 is 10.1 Å². The van der Waals surface area contributed by atoms with Crippen LogP contribution in [0, 0.1) is 23.7 Å². The molecule has 206 valence electrons. The van der Waals surface area contributed by atoms with Crippen LogP contribution in [-0.4, -0.2) is 50.1 Å². The third-order valence-corrected chi connectivity index (χ3v) is 6.44. The van der Waals surface area contributed by atoms with E-state index in [0.717, 1.165) is 0 Å². The number of hydrogen-bond donors (Lipinski definition) is 3. The summed E-state index contributed by atoms with van der Waals surface area (Å²) in [4.78, 5) is 28.6. The number of rotatable bonds is 8. The molecule has 38 heavy (non-hydrogen) atoms. The third kappa shape index (κ3) is 8.67. The Balaban J connectivity index is 1.76. The van der Waals surface area contributed by atoms with E-state index in [9.17, 15) is 33.0 Å². The zero-order valence-electron chi connectivity index (χ0n) is 20.9. The van der Waals surface area contributed by atoms with E-state index in [2.05, 4.69) is 26.9 Å². The lowest BCUT2D eigenvalue weighted by molar-refractivity contribution is -0.274. The minimum atomic E-state index is -4.79. The standard InChI is InChI=1S/C26H29ClF3N3O5/c1-25(2,37)13-11-20-21(22(34)31-15-17-3-7-18(8-4-17)23(35)36)33(24(27)32-20)14-12-16-5-9-19(10-6-16)38-26(28,29)30/h5-6,9-10,17-18,37H,3-4,7-8,12,14-15H2,1-2H3,(H,31,34)(H,35,36)/t17-,18-. The number of nitrogens with zero attached hydrogens (tertiary/aromatic N) is 2. The zero-order chi connectivity index (χ0) is 28.1. The number of benzene rings is 1. The van der Waals surface area contributed by atoms with E-state index in [-0.39, 0.29) is 40.8 Å². The maximum Gasteiger partial charge on any atom is 0.573 e. The van der Waals surface area contributed by atoms with E-state index >= 15 is 0 Å². The molecule has 0 aliphatic heterocycles. The highest BCUT2D eigenvalue weighted by molar-refractivity contribution is 6.29. The lowest BCUT2D eigenvalue weighted by Gasteiger charge is -2.26. The van der Waals surface area contributed by atoms with Crippen LogP contribution in [0.25, 0.3) is 0 Å². The highest BCUT2D eigenvalue weighted by Gasteiger charge is 2.31. The number of halogens is 4. The first-order valence-corrected chi connectivity index (χ1v) is 12.5. The molecule has 1 aliphatic rings. The molecule has 1 heterocycles. The number of carbonyl (C=O) groups excluding carboxylic acids is 1. The SMILES string of the molecule is CC(C)(O)C#Cc1nc(Cl)n(CCc2ccc(OC(F)(F)F)cc2)c1C(=O)NC[C@H]1CC[C@H](C(=O)O)CC1. The second-order valence-electron chi connectivity index (χ2n) is 9.75. The summed E-state index contributed by atoms with van der Waals surface area (Å²) < 4.78 is 42.6. The summed E-state index contributed by atoms with van der Waals surface area (Å²) in [7, 11) is 0. The Hall–Kier alpha value is -3.23. The molecular weight excluding hydrogens is 527 g/mol. The van der Waals surface area contributed by atoms with Gasteiger partial charge >= 0.3 is 12.3 Å². The van der Waals surface area contributed by atoms with Crippen molar-refractivity contribution in [2.24, 2.45) is 11.8 Å². The van der Waals surface area contributed by atoms with Crippen molar-refractivity contribution in [3.05, 3.63) is 46.5 Å². The van der Waals surface area contributed by atoms with Gasteiger partial charge in [0.15, 0.2) is 0 Å². The van der Waals surface area contributed by atoms with Crippen LogP contribution in [0.15, 0.2) is 24.3 Å². The molecule has 0 atom stereocenters. The smallest absolute Gasteiger partial charge is 0.481 e. The number of aliphatic hydroxyl groups is 1. The van der Waals surface area contributed by atoms with Crippen LogP contribution in [0.5, 0.6) is 5.75 Å². The average Bonchev–Trinajstić information content (AvgIpc) is 3.14. The number of nitrogens with one attached hydrogen (secondary N) is 1. The van der Waals surface area contributed by atoms with Gasteiger partial charge in [-0.05, 0) is 87.1 Å². The zero-order valence-corrected chi connectivity index (χ0v) is 21.7. The van der Waals surface area contributed by atoms with Crippen LogP contribution in [0.1, 0.15) is 61.3 Å². The number of imidazole rings is 1. The monoisotopic (exact) mass is 555 g/mol. The fourth-order valence-electron chi connectivity index (χ4n) is 4.19. The maximum atomic E-state index is 13.3. The molecule has 1 aromatic heterocycles. The summed E-state index contributed by atoms with van der Waals surface area (Å²) in [6.45, 7) is 3.49. The predicted molar refractivity (Wildman–Crippen MR) is 133 cm³/mol. The Labute approximate surface area is 223 Å². The molecule has 0 unspecified atom stereocenters. The molecule has 1 fully saturated rings. The van der Waals surface area contributed by atoms with Crippen molar-refractivity contribution < 1.29 is 37.7 Å². The molecule has 1 amide bonds. The molecule has 1 aromatic carbocycles. The lowest BCUT2D eigenvalue weighted by Crippen LogP contribution is -2.34. The van der Waals surface area contributed by atoms with Gasteiger partial charge in [0.1, 0.15) is 22.7 Å². The van der Waals surface area contributed by atoms with E-state index in [4.69, 9.17) is 11.6 Å². The molecular formula is C26H29ClF3N3O5. The summed E-state index contributed by atoms with van der Waals surface area (Å²) in [6, 6.07) is 5.36. The number of amides is 1. The number of carbonyl (C=O) groups is 2. The minimum absolute atomic E-state index is 0.00538. The normalized spacial score (nSPS) is 17.9. The highest BCUT2D eigenvalue weighted by Crippen LogP contribution is 2.29. The first-order valence-electron chi connectivity index (χ1n) is 12.1. The molecule has 12 heteroatoms. The Kier molecular flexibility index (Phi) is 9.33. The average molecular weight is 556 g/mol. The summed E-state index contributed by atoms with van der Waals surface area (Å²) >= 11 is 6.34. The van der Waals surface area contributed by atoms with Gasteiger partial charge in [-0.2, -0.15) is 0 Å². The predicted octanol–water partition coefficient (Wildman–Crippen LogP) is 4.42. The molecule has 0 radical (unpaired) electrons. The first-order chi connectivity index (χ1) is 17.7. The lowest BCUT2D eigenvalue weighted by atomic mass is 9.82. The van der Waals surface area contributed by atoms with Gasteiger partial charge in [0.05, 0.1) is 5.92 Å². The second kappa shape index (κ2) is 12.1. The maximum absolute atomic E-state index is 13.3. The molecule has 3 N–H and O–H groups in total. The molecule has 1 saturated carbocycles. The van der Waals surface area contributed by atoms with Crippen LogP contribution in [-0.2, 0) is 17.8 Å². The number of aromatic nitrogens is 2. The molecule has 2 aromatic rings. The summed E-state index contributed by atoms with van der Waals surface area (Å²) in [6.07, 6.45) is -2.01. The number of carboxylic acids is 1. The van der Waals surface area contributed by atoms with E-state index in [1.165, 1.54) is 42.7 Å². The molecule has 8 nitrogen and oxygen atoms in total. The molecule has 0 bridgehead atoms. The number of hydrogen-bond acceptors (Lipinski definition) is 5. The number of aryl methyl sites for hydroxylation is 1. The highest BCUT2D eigenvalue weighted by atomic mass is 35.5. The molecule has 3 rings (SSSR count). The molecule has 0 saturated heterocycles. The summed E-state index contributed by atoms with van der Waals surface area (Å²) in [5, 5.41) is 22.0. The first kappa shape index (κ1) is 29.3. The Morgan fingerprint density at radius 3 is 2.37 bits per heavy atom. The quantitative estimate of drug-likeness (QED) is 0.416. The van der Waals surface area contributed by atoms with E-state index in [0.29, 0.717) is 44.2 Å². The van der Waals surface area contributed by atoms with Crippen molar-refractivity contribution in [3.63, 3.8) is 0 Å². The largest absolute Gasteiger partial charge is 0.573 e. The number of ether oxygens (including phenoxy) is 1. The van der Waals surface area contributed by atoms with Gasteiger partial charge < -0.3 is 24.8 Å². The van der Waals surface area contributed by atoms with E-state index in [1.54, 1.807) is 0 Å². The topological polar surface area (TPSA) is 114 Å². The van der Waals surface area contributed by atoms with Gasteiger partial charge in [-0.1, -0.05) is 18.1 Å². The van der Waals surface area contributed by atoms with Crippen molar-refractivity contribution in [2.75, 3.05) is 6.54 Å². The van der Waals surface area contributed by atoms with Crippen LogP contribution >= 0.6 is 11.6 Å². The van der Waals surface area contributed by atoms with Gasteiger partial charge in [-0.25, -0.2) is 4.98 Å². The van der Waals surface area contributed by atoms with Crippen molar-refractivity contribution in [3.8, 4) is 17.6 Å².